The number of nitrogens with zero attached hydrogens (tertiary/aromatic N) is 3. The van der Waals surface area contributed by atoms with Crippen LogP contribution >= 0.6 is 11.6 Å². The average Bonchev–Trinajstić information content (AvgIpc) is 2.27. The van der Waals surface area contributed by atoms with Gasteiger partial charge in [0.05, 0.1) is 10.4 Å². The minimum atomic E-state index is -3.17. The molecule has 1 aromatic heterocycles. The Morgan fingerprint density at radius 2 is 2.11 bits per heavy atom. The van der Waals surface area contributed by atoms with E-state index in [0.717, 1.165) is 18.5 Å². The largest absolute Gasteiger partial charge is 0.427 e. The molecule has 0 unspecified atom stereocenters. The fourth-order valence-electron chi connectivity index (χ4n) is 1.37. The zero-order chi connectivity index (χ0) is 13.3. The molecule has 0 fully saturated rings. The van der Waals surface area contributed by atoms with Crippen molar-refractivity contribution in [3.63, 3.8) is 0 Å². The zero-order valence-corrected chi connectivity index (χ0v) is 9.27. The van der Waals surface area contributed by atoms with Crippen LogP contribution in [0.25, 0.3) is 10.9 Å². The Kier molecular flexibility index (Phi) is 3.19. The van der Waals surface area contributed by atoms with Gasteiger partial charge in [0.1, 0.15) is 11.5 Å². The Balaban J connectivity index is 2.68. The van der Waals surface area contributed by atoms with E-state index in [2.05, 4.69) is 14.7 Å². The lowest BCUT2D eigenvalue weighted by Gasteiger charge is -2.06. The van der Waals surface area contributed by atoms with Crippen molar-refractivity contribution in [1.29, 1.82) is 0 Å². The van der Waals surface area contributed by atoms with E-state index >= 15 is 0 Å². The molecule has 94 valence electrons. The first-order valence-corrected chi connectivity index (χ1v) is 4.90. The molecule has 0 saturated carbocycles. The van der Waals surface area contributed by atoms with Gasteiger partial charge in [-0.25, -0.2) is 9.97 Å². The number of aromatic nitrogens is 2. The summed E-state index contributed by atoms with van der Waals surface area (Å²) in [5.74, 6) is -0.572. The third-order valence-corrected chi connectivity index (χ3v) is 2.38. The Labute approximate surface area is 103 Å². The highest BCUT2D eigenvalue weighted by molar-refractivity contribution is 6.34. The van der Waals surface area contributed by atoms with Crippen LogP contribution in [0.1, 0.15) is 0 Å². The van der Waals surface area contributed by atoms with Crippen LogP contribution in [0.3, 0.4) is 0 Å². The fourth-order valence-corrected chi connectivity index (χ4v) is 1.57. The molecule has 6 nitrogen and oxygen atoms in total. The van der Waals surface area contributed by atoms with Gasteiger partial charge in [-0.15, -0.1) is 0 Å². The van der Waals surface area contributed by atoms with E-state index in [1.165, 1.54) is 0 Å². The summed E-state index contributed by atoms with van der Waals surface area (Å²) in [6.07, 6.45) is 1.11. The summed E-state index contributed by atoms with van der Waals surface area (Å²) in [5.41, 5.74) is -0.448. The first kappa shape index (κ1) is 12.4. The normalized spacial score (nSPS) is 10.9. The van der Waals surface area contributed by atoms with E-state index in [1.807, 2.05) is 0 Å². The monoisotopic (exact) mass is 275 g/mol. The summed E-state index contributed by atoms with van der Waals surface area (Å²) in [5, 5.41) is 10.9. The molecule has 0 N–H and O–H groups in total. The first-order valence-electron chi connectivity index (χ1n) is 4.52. The van der Waals surface area contributed by atoms with Crippen LogP contribution in [0.4, 0.5) is 14.5 Å². The van der Waals surface area contributed by atoms with Gasteiger partial charge in [0.15, 0.2) is 0 Å². The number of ether oxygens (including phenoxy) is 1. The van der Waals surface area contributed by atoms with Crippen molar-refractivity contribution in [2.75, 3.05) is 0 Å². The fraction of sp³-hybridized carbons (Fsp3) is 0.111. The van der Waals surface area contributed by atoms with Gasteiger partial charge < -0.3 is 4.74 Å². The van der Waals surface area contributed by atoms with Gasteiger partial charge in [-0.3, -0.25) is 10.1 Å². The lowest BCUT2D eigenvalue weighted by atomic mass is 10.2. The number of hydrogen-bond acceptors (Lipinski definition) is 5. The predicted molar refractivity (Wildman–Crippen MR) is 57.8 cm³/mol. The SMILES string of the molecule is O=[N+]([O-])c1cc2c(Cl)ncnc2cc1OC(F)F. The van der Waals surface area contributed by atoms with Gasteiger partial charge in [0, 0.05) is 17.5 Å². The standard InChI is InChI=1S/C9H4ClF2N3O3/c10-8-4-1-6(15(16)17)7(18-9(11)12)2-5(4)13-3-14-8/h1-3,9H. The summed E-state index contributed by atoms with van der Waals surface area (Å²) in [6.45, 7) is -3.17. The first-order chi connectivity index (χ1) is 8.49. The second-order valence-electron chi connectivity index (χ2n) is 3.14. The minimum Gasteiger partial charge on any atom is -0.427 e. The molecule has 0 atom stereocenters. The Morgan fingerprint density at radius 1 is 1.39 bits per heavy atom. The summed E-state index contributed by atoms with van der Waals surface area (Å²) in [6, 6.07) is 2.02. The summed E-state index contributed by atoms with van der Waals surface area (Å²) < 4.78 is 28.4. The van der Waals surface area contributed by atoms with E-state index in [1.54, 1.807) is 0 Å². The number of benzene rings is 1. The van der Waals surface area contributed by atoms with Crippen LogP contribution < -0.4 is 4.74 Å². The molecule has 1 aromatic carbocycles. The van der Waals surface area contributed by atoms with Gasteiger partial charge in [-0.05, 0) is 0 Å². The van der Waals surface area contributed by atoms with Gasteiger partial charge in [0.25, 0.3) is 0 Å². The number of rotatable bonds is 3. The maximum atomic E-state index is 12.1. The molecule has 0 spiro atoms. The van der Waals surface area contributed by atoms with E-state index in [9.17, 15) is 18.9 Å². The predicted octanol–water partition coefficient (Wildman–Crippen LogP) is 2.79. The summed E-state index contributed by atoms with van der Waals surface area (Å²) in [4.78, 5) is 17.3. The maximum absolute atomic E-state index is 12.1. The lowest BCUT2D eigenvalue weighted by Crippen LogP contribution is -2.04. The molecule has 0 saturated heterocycles. The van der Waals surface area contributed by atoms with Crippen LogP contribution in [-0.4, -0.2) is 21.5 Å². The molecule has 1 heterocycles. The zero-order valence-electron chi connectivity index (χ0n) is 8.51. The Hall–Kier alpha value is -2.09. The quantitative estimate of drug-likeness (QED) is 0.489. The van der Waals surface area contributed by atoms with Crippen molar-refractivity contribution in [2.24, 2.45) is 0 Å². The number of nitro groups is 1. The van der Waals surface area contributed by atoms with Crippen molar-refractivity contribution in [2.45, 2.75) is 6.61 Å². The third kappa shape index (κ3) is 2.28. The summed E-state index contributed by atoms with van der Waals surface area (Å²) in [7, 11) is 0. The Bertz CT molecular complexity index is 623. The molecule has 0 aliphatic heterocycles. The number of halogens is 3. The second-order valence-corrected chi connectivity index (χ2v) is 3.50. The van der Waals surface area contributed by atoms with Crippen molar-refractivity contribution < 1.29 is 18.4 Å². The van der Waals surface area contributed by atoms with E-state index < -0.39 is 23.0 Å². The molecule has 2 rings (SSSR count). The highest BCUT2D eigenvalue weighted by Gasteiger charge is 2.21. The molecule has 0 amide bonds. The average molecular weight is 276 g/mol. The summed E-state index contributed by atoms with van der Waals surface area (Å²) >= 11 is 5.73. The topological polar surface area (TPSA) is 78.2 Å². The number of hydrogen-bond donors (Lipinski definition) is 0. The van der Waals surface area contributed by atoms with Crippen molar-refractivity contribution in [1.82, 2.24) is 9.97 Å². The molecule has 2 aromatic rings. The molecule has 0 radical (unpaired) electrons. The van der Waals surface area contributed by atoms with Gasteiger partial charge >= 0.3 is 12.3 Å². The lowest BCUT2D eigenvalue weighted by molar-refractivity contribution is -0.386. The third-order valence-electron chi connectivity index (χ3n) is 2.08. The highest BCUT2D eigenvalue weighted by Crippen LogP contribution is 2.34. The van der Waals surface area contributed by atoms with Crippen molar-refractivity contribution >= 4 is 28.2 Å². The molecule has 0 aliphatic rings. The molecule has 18 heavy (non-hydrogen) atoms. The second kappa shape index (κ2) is 4.65. The van der Waals surface area contributed by atoms with Gasteiger partial charge in [0.2, 0.25) is 5.75 Å². The van der Waals surface area contributed by atoms with E-state index in [-0.39, 0.29) is 16.1 Å². The smallest absolute Gasteiger partial charge is 0.387 e. The van der Waals surface area contributed by atoms with Crippen molar-refractivity contribution in [3.8, 4) is 5.75 Å². The molecule has 0 aliphatic carbocycles. The van der Waals surface area contributed by atoms with Crippen LogP contribution in [0, 0.1) is 10.1 Å². The van der Waals surface area contributed by atoms with E-state index in [4.69, 9.17) is 11.6 Å². The molecular weight excluding hydrogens is 272 g/mol. The van der Waals surface area contributed by atoms with Crippen LogP contribution in [0.2, 0.25) is 5.15 Å². The van der Waals surface area contributed by atoms with Gasteiger partial charge in [-0.2, -0.15) is 8.78 Å². The molecule has 0 bridgehead atoms. The number of nitro benzene ring substituents is 1. The van der Waals surface area contributed by atoms with Crippen LogP contribution in [-0.2, 0) is 0 Å². The molecule has 9 heteroatoms. The maximum Gasteiger partial charge on any atom is 0.387 e. The Morgan fingerprint density at radius 3 is 2.72 bits per heavy atom. The number of fused-ring (bicyclic) bond motifs is 1. The van der Waals surface area contributed by atoms with Crippen molar-refractivity contribution in [3.05, 3.63) is 33.7 Å². The molecular formula is C9H4ClF2N3O3. The van der Waals surface area contributed by atoms with Crippen LogP contribution in [0.5, 0.6) is 5.75 Å². The number of alkyl halides is 2. The minimum absolute atomic E-state index is 0.00769. The van der Waals surface area contributed by atoms with Gasteiger partial charge in [-0.1, -0.05) is 11.6 Å². The van der Waals surface area contributed by atoms with E-state index in [0.29, 0.717) is 0 Å². The highest BCUT2D eigenvalue weighted by atomic mass is 35.5. The van der Waals surface area contributed by atoms with Crippen LogP contribution in [0.15, 0.2) is 18.5 Å².